The number of halogens is 1. The fourth-order valence-corrected chi connectivity index (χ4v) is 4.71. The van der Waals surface area contributed by atoms with Gasteiger partial charge in [0.2, 0.25) is 11.9 Å². The van der Waals surface area contributed by atoms with E-state index < -0.39 is 0 Å². The first-order chi connectivity index (χ1) is 15.7. The first-order valence-corrected chi connectivity index (χ1v) is 11.4. The molecule has 1 N–H and O–H groups in total. The van der Waals surface area contributed by atoms with Crippen molar-refractivity contribution in [2.75, 3.05) is 34.8 Å². The van der Waals surface area contributed by atoms with Gasteiger partial charge in [0.05, 0.1) is 30.0 Å². The fraction of sp³-hybridized carbons (Fsp3) is 0.333. The summed E-state index contributed by atoms with van der Waals surface area (Å²) in [7, 11) is 0. The smallest absolute Gasteiger partial charge is 0.229 e. The van der Waals surface area contributed by atoms with Crippen LogP contribution in [0.15, 0.2) is 55.0 Å². The molecule has 164 valence electrons. The van der Waals surface area contributed by atoms with Gasteiger partial charge >= 0.3 is 0 Å². The molecule has 2 aromatic heterocycles. The van der Waals surface area contributed by atoms with Crippen molar-refractivity contribution in [3.63, 3.8) is 0 Å². The number of hydrogen-bond donors (Lipinski definition) is 1. The zero-order valence-electron chi connectivity index (χ0n) is 17.7. The number of rotatable bonds is 5. The molecule has 32 heavy (non-hydrogen) atoms. The number of amides is 1. The lowest BCUT2D eigenvalue weighted by Crippen LogP contribution is -2.35. The molecule has 1 atom stereocenters. The number of nitrogens with one attached hydrogen (secondary N) is 1. The van der Waals surface area contributed by atoms with Gasteiger partial charge in [-0.3, -0.25) is 9.78 Å². The number of hydrogen-bond acceptors (Lipinski definition) is 6. The molecular weight excluding hydrogens is 424 g/mol. The molecule has 0 aliphatic carbocycles. The molecule has 0 saturated carbocycles. The van der Waals surface area contributed by atoms with Gasteiger partial charge in [-0.25, -0.2) is 4.98 Å². The average Bonchev–Trinajstić information content (AvgIpc) is 3.27. The monoisotopic (exact) mass is 448 g/mol. The third-order valence-corrected chi connectivity index (χ3v) is 6.35. The highest BCUT2D eigenvalue weighted by Crippen LogP contribution is 2.33. The first kappa shape index (κ1) is 20.7. The molecule has 0 bridgehead atoms. The van der Waals surface area contributed by atoms with Crippen molar-refractivity contribution in [1.82, 2.24) is 15.0 Å². The Bertz CT molecular complexity index is 1110. The fourth-order valence-electron chi connectivity index (χ4n) is 4.50. The topological polar surface area (TPSA) is 74.2 Å². The summed E-state index contributed by atoms with van der Waals surface area (Å²) in [4.78, 5) is 29.4. The lowest BCUT2D eigenvalue weighted by Gasteiger charge is -2.34. The van der Waals surface area contributed by atoms with Crippen molar-refractivity contribution < 1.29 is 4.79 Å². The molecule has 0 spiro atoms. The van der Waals surface area contributed by atoms with Crippen LogP contribution in [-0.4, -0.2) is 40.5 Å². The standard InChI is InChI=1S/C24H25ClN6O/c25-21-15-27-24(28-19-12-20(14-26-13-19)31-11-5-9-22(31)32)29-23(21)30-10-4-8-18(16-30)17-6-2-1-3-7-17/h1-3,6-7,12-15,18H,4-5,8-11,16H2,(H,27,28,29)/t18-/m0/s1. The minimum Gasteiger partial charge on any atom is -0.355 e. The predicted molar refractivity (Wildman–Crippen MR) is 127 cm³/mol. The molecule has 1 amide bonds. The number of aromatic nitrogens is 3. The highest BCUT2D eigenvalue weighted by molar-refractivity contribution is 6.32. The number of anilines is 4. The summed E-state index contributed by atoms with van der Waals surface area (Å²) in [6.07, 6.45) is 8.75. The summed E-state index contributed by atoms with van der Waals surface area (Å²) in [5, 5.41) is 3.76. The van der Waals surface area contributed by atoms with E-state index in [9.17, 15) is 4.79 Å². The van der Waals surface area contributed by atoms with Crippen molar-refractivity contribution in [3.8, 4) is 0 Å². The van der Waals surface area contributed by atoms with Crippen LogP contribution < -0.4 is 15.1 Å². The zero-order chi connectivity index (χ0) is 21.9. The van der Waals surface area contributed by atoms with Crippen LogP contribution in [0.25, 0.3) is 0 Å². The van der Waals surface area contributed by atoms with Crippen molar-refractivity contribution in [1.29, 1.82) is 0 Å². The minimum atomic E-state index is 0.132. The van der Waals surface area contributed by atoms with E-state index in [-0.39, 0.29) is 5.91 Å². The van der Waals surface area contributed by atoms with Crippen molar-refractivity contribution in [2.24, 2.45) is 0 Å². The van der Waals surface area contributed by atoms with Gasteiger partial charge < -0.3 is 15.1 Å². The quantitative estimate of drug-likeness (QED) is 0.605. The predicted octanol–water partition coefficient (Wildman–Crippen LogP) is 4.78. The van der Waals surface area contributed by atoms with Crippen LogP contribution in [0.2, 0.25) is 5.02 Å². The van der Waals surface area contributed by atoms with E-state index in [1.54, 1.807) is 23.5 Å². The largest absolute Gasteiger partial charge is 0.355 e. The second-order valence-corrected chi connectivity index (χ2v) is 8.67. The Morgan fingerprint density at radius 2 is 1.94 bits per heavy atom. The molecule has 1 aromatic carbocycles. The zero-order valence-corrected chi connectivity index (χ0v) is 18.5. The number of pyridine rings is 1. The molecule has 0 unspecified atom stereocenters. The van der Waals surface area contributed by atoms with Crippen molar-refractivity contribution in [2.45, 2.75) is 31.6 Å². The van der Waals surface area contributed by atoms with Gasteiger partial charge in [-0.05, 0) is 30.9 Å². The summed E-state index contributed by atoms with van der Waals surface area (Å²) in [6.45, 7) is 2.50. The molecule has 2 saturated heterocycles. The summed E-state index contributed by atoms with van der Waals surface area (Å²) in [6, 6.07) is 12.5. The number of piperidine rings is 1. The van der Waals surface area contributed by atoms with E-state index in [0.717, 1.165) is 56.1 Å². The molecule has 3 aromatic rings. The van der Waals surface area contributed by atoms with E-state index in [1.807, 2.05) is 12.1 Å². The summed E-state index contributed by atoms with van der Waals surface area (Å²) in [5.74, 6) is 1.78. The molecule has 2 aliphatic heterocycles. The van der Waals surface area contributed by atoms with Crippen LogP contribution in [0.1, 0.15) is 37.2 Å². The Balaban J connectivity index is 1.35. The average molecular weight is 449 g/mol. The minimum absolute atomic E-state index is 0.132. The SMILES string of the molecule is O=C1CCCN1c1cncc(Nc2ncc(Cl)c(N3CCC[C@H](c4ccccc4)C3)n2)c1. The second kappa shape index (κ2) is 9.12. The summed E-state index contributed by atoms with van der Waals surface area (Å²) < 4.78 is 0. The van der Waals surface area contributed by atoms with Gasteiger partial charge in [0.25, 0.3) is 0 Å². The maximum atomic E-state index is 12.1. The molecule has 2 aliphatic rings. The Kier molecular flexibility index (Phi) is 5.90. The molecular formula is C24H25ClN6O. The van der Waals surface area contributed by atoms with Crippen LogP contribution in [0.5, 0.6) is 0 Å². The number of carbonyl (C=O) groups excluding carboxylic acids is 1. The normalized spacial score (nSPS) is 18.8. The van der Waals surface area contributed by atoms with E-state index in [2.05, 4.69) is 44.5 Å². The van der Waals surface area contributed by atoms with E-state index in [0.29, 0.717) is 23.3 Å². The van der Waals surface area contributed by atoms with Gasteiger partial charge in [-0.1, -0.05) is 41.9 Å². The third-order valence-electron chi connectivity index (χ3n) is 6.08. The lowest BCUT2D eigenvalue weighted by molar-refractivity contribution is -0.117. The molecule has 7 nitrogen and oxygen atoms in total. The Hall–Kier alpha value is -3.19. The second-order valence-electron chi connectivity index (χ2n) is 8.27. The molecule has 2 fully saturated rings. The van der Waals surface area contributed by atoms with E-state index >= 15 is 0 Å². The van der Waals surface area contributed by atoms with Gasteiger partial charge in [0.1, 0.15) is 5.02 Å². The van der Waals surface area contributed by atoms with Crippen molar-refractivity contribution >= 4 is 40.6 Å². The molecule has 4 heterocycles. The van der Waals surface area contributed by atoms with Crippen LogP contribution >= 0.6 is 11.6 Å². The van der Waals surface area contributed by atoms with Gasteiger partial charge in [-0.2, -0.15) is 4.98 Å². The number of benzene rings is 1. The highest BCUT2D eigenvalue weighted by Gasteiger charge is 2.25. The van der Waals surface area contributed by atoms with Crippen molar-refractivity contribution in [3.05, 3.63) is 65.6 Å². The first-order valence-electron chi connectivity index (χ1n) is 11.0. The Morgan fingerprint density at radius 1 is 1.06 bits per heavy atom. The van der Waals surface area contributed by atoms with E-state index in [1.165, 1.54) is 5.56 Å². The van der Waals surface area contributed by atoms with Crippen LogP contribution in [0.4, 0.5) is 23.1 Å². The Labute approximate surface area is 192 Å². The lowest BCUT2D eigenvalue weighted by atomic mass is 9.91. The Morgan fingerprint density at radius 3 is 2.75 bits per heavy atom. The van der Waals surface area contributed by atoms with Crippen LogP contribution in [0.3, 0.4) is 0 Å². The maximum absolute atomic E-state index is 12.1. The highest BCUT2D eigenvalue weighted by atomic mass is 35.5. The van der Waals surface area contributed by atoms with Crippen LogP contribution in [-0.2, 0) is 4.79 Å². The number of carbonyl (C=O) groups is 1. The van der Waals surface area contributed by atoms with Gasteiger partial charge in [0.15, 0.2) is 5.82 Å². The number of nitrogens with zero attached hydrogens (tertiary/aromatic N) is 5. The van der Waals surface area contributed by atoms with Crippen LogP contribution in [0, 0.1) is 0 Å². The van der Waals surface area contributed by atoms with Gasteiger partial charge in [0, 0.05) is 32.0 Å². The molecule has 8 heteroatoms. The summed E-state index contributed by atoms with van der Waals surface area (Å²) >= 11 is 6.50. The van der Waals surface area contributed by atoms with Gasteiger partial charge in [-0.15, -0.1) is 0 Å². The molecule has 0 radical (unpaired) electrons. The van der Waals surface area contributed by atoms with E-state index in [4.69, 9.17) is 16.6 Å². The summed E-state index contributed by atoms with van der Waals surface area (Å²) in [5.41, 5.74) is 2.87. The third kappa shape index (κ3) is 4.39. The maximum Gasteiger partial charge on any atom is 0.229 e. The molecule has 5 rings (SSSR count).